The molecule has 2 rings (SSSR count). The summed E-state index contributed by atoms with van der Waals surface area (Å²) in [6, 6.07) is 7.26. The first kappa shape index (κ1) is 13.6. The van der Waals surface area contributed by atoms with Gasteiger partial charge in [0.25, 0.3) is 0 Å². The van der Waals surface area contributed by atoms with Crippen LogP contribution in [-0.4, -0.2) is 29.9 Å². The van der Waals surface area contributed by atoms with E-state index < -0.39 is 5.97 Å². The maximum atomic E-state index is 11.6. The number of hydrogen-bond donors (Lipinski definition) is 1. The van der Waals surface area contributed by atoms with Crippen LogP contribution in [0.1, 0.15) is 17.4 Å². The van der Waals surface area contributed by atoms with Crippen LogP contribution in [0.3, 0.4) is 0 Å². The van der Waals surface area contributed by atoms with Crippen LogP contribution < -0.4 is 4.74 Å². The lowest BCUT2D eigenvalue weighted by atomic mass is 10.1. The quantitative estimate of drug-likeness (QED) is 0.878. The second-order valence-electron chi connectivity index (χ2n) is 3.71. The van der Waals surface area contributed by atoms with Gasteiger partial charge in [-0.2, -0.15) is 5.10 Å². The average molecular weight is 325 g/mol. The largest absolute Gasteiger partial charge is 0.495 e. The number of nitrogens with zero attached hydrogens (tertiary/aromatic N) is 1. The Balaban J connectivity index is 2.38. The second kappa shape index (κ2) is 5.88. The number of hydrogen-bond acceptors (Lipinski definition) is 4. The molecular weight excluding hydrogens is 312 g/mol. The van der Waals surface area contributed by atoms with Crippen molar-refractivity contribution < 1.29 is 14.3 Å². The number of carbonyl (C=O) groups is 1. The minimum Gasteiger partial charge on any atom is -0.495 e. The normalized spacial score (nSPS) is 10.3. The molecule has 1 aromatic heterocycles. The Kier molecular flexibility index (Phi) is 4.21. The molecule has 2 aromatic rings. The first-order valence-corrected chi connectivity index (χ1v) is 6.52. The van der Waals surface area contributed by atoms with Crippen molar-refractivity contribution in [2.24, 2.45) is 0 Å². The Hall–Kier alpha value is -1.82. The molecule has 0 fully saturated rings. The zero-order chi connectivity index (χ0) is 13.8. The minimum absolute atomic E-state index is 0.318. The summed E-state index contributed by atoms with van der Waals surface area (Å²) in [6.07, 6.45) is 0. The van der Waals surface area contributed by atoms with E-state index in [1.165, 1.54) is 0 Å². The predicted molar refractivity (Wildman–Crippen MR) is 74.2 cm³/mol. The predicted octanol–water partition coefficient (Wildman–Crippen LogP) is 3.02. The summed E-state index contributed by atoms with van der Waals surface area (Å²) >= 11 is 3.41. The molecule has 1 heterocycles. The number of halogens is 1. The third-order valence-corrected chi connectivity index (χ3v) is 3.14. The van der Waals surface area contributed by atoms with Gasteiger partial charge in [-0.3, -0.25) is 5.10 Å². The molecule has 0 aliphatic heterocycles. The molecule has 5 nitrogen and oxygen atoms in total. The summed E-state index contributed by atoms with van der Waals surface area (Å²) < 4.78 is 11.1. The monoisotopic (exact) mass is 324 g/mol. The third-order valence-electron chi connectivity index (χ3n) is 2.52. The van der Waals surface area contributed by atoms with Crippen molar-refractivity contribution in [1.29, 1.82) is 0 Å². The van der Waals surface area contributed by atoms with E-state index in [4.69, 9.17) is 9.47 Å². The highest BCUT2D eigenvalue weighted by molar-refractivity contribution is 9.10. The Bertz CT molecular complexity index is 595. The number of methoxy groups -OCH3 is 1. The molecule has 19 heavy (non-hydrogen) atoms. The molecule has 0 radical (unpaired) electrons. The van der Waals surface area contributed by atoms with Crippen molar-refractivity contribution in [2.45, 2.75) is 6.92 Å². The number of H-pyrrole nitrogens is 1. The highest BCUT2D eigenvalue weighted by atomic mass is 79.9. The van der Waals surface area contributed by atoms with E-state index in [2.05, 4.69) is 26.1 Å². The van der Waals surface area contributed by atoms with E-state index in [0.717, 1.165) is 10.0 Å². The fourth-order valence-electron chi connectivity index (χ4n) is 1.69. The van der Waals surface area contributed by atoms with Crippen LogP contribution in [-0.2, 0) is 4.74 Å². The minimum atomic E-state index is -0.421. The van der Waals surface area contributed by atoms with Gasteiger partial charge in [0, 0.05) is 5.56 Å². The number of carbonyl (C=O) groups excluding carboxylic acids is 1. The second-order valence-corrected chi connectivity index (χ2v) is 4.56. The fourth-order valence-corrected chi connectivity index (χ4v) is 2.22. The maximum absolute atomic E-state index is 11.6. The lowest BCUT2D eigenvalue weighted by Gasteiger charge is -2.07. The average Bonchev–Trinajstić information content (AvgIpc) is 2.88. The fraction of sp³-hybridized carbons (Fsp3) is 0.231. The molecule has 0 aliphatic carbocycles. The molecular formula is C13H13BrN2O3. The van der Waals surface area contributed by atoms with Crippen molar-refractivity contribution in [3.63, 3.8) is 0 Å². The molecule has 0 spiro atoms. The highest BCUT2D eigenvalue weighted by Crippen LogP contribution is 2.35. The molecule has 0 saturated heterocycles. The number of para-hydroxylation sites is 1. The van der Waals surface area contributed by atoms with Gasteiger partial charge in [0.15, 0.2) is 0 Å². The molecule has 0 saturated carbocycles. The van der Waals surface area contributed by atoms with Gasteiger partial charge in [0.05, 0.1) is 23.9 Å². The highest BCUT2D eigenvalue weighted by Gasteiger charge is 2.15. The van der Waals surface area contributed by atoms with Gasteiger partial charge in [-0.25, -0.2) is 4.79 Å². The number of aromatic nitrogens is 2. The first-order valence-electron chi connectivity index (χ1n) is 5.72. The van der Waals surface area contributed by atoms with Crippen molar-refractivity contribution in [1.82, 2.24) is 10.2 Å². The van der Waals surface area contributed by atoms with Crippen LogP contribution in [0.2, 0.25) is 0 Å². The van der Waals surface area contributed by atoms with Crippen LogP contribution in [0.25, 0.3) is 11.3 Å². The van der Waals surface area contributed by atoms with Crippen LogP contribution in [0.15, 0.2) is 28.7 Å². The smallest absolute Gasteiger partial charge is 0.356 e. The van der Waals surface area contributed by atoms with Gasteiger partial charge < -0.3 is 9.47 Å². The molecule has 0 amide bonds. The molecule has 0 bridgehead atoms. The summed E-state index contributed by atoms with van der Waals surface area (Å²) in [6.45, 7) is 2.08. The first-order chi connectivity index (χ1) is 9.17. The molecule has 1 aromatic carbocycles. The number of benzene rings is 1. The van der Waals surface area contributed by atoms with Crippen LogP contribution in [0.4, 0.5) is 0 Å². The number of ether oxygens (including phenoxy) is 2. The van der Waals surface area contributed by atoms with Crippen LogP contribution >= 0.6 is 15.9 Å². The summed E-state index contributed by atoms with van der Waals surface area (Å²) in [5.74, 6) is 0.250. The lowest BCUT2D eigenvalue weighted by Crippen LogP contribution is -2.04. The SMILES string of the molecule is CCOC(=O)c1cc(-c2cccc(Br)c2OC)n[nH]1. The molecule has 6 heteroatoms. The summed E-state index contributed by atoms with van der Waals surface area (Å²) in [5.41, 5.74) is 1.74. The molecule has 0 aliphatic rings. The van der Waals surface area contributed by atoms with Gasteiger partial charge in [0.1, 0.15) is 11.4 Å². The summed E-state index contributed by atoms with van der Waals surface area (Å²) in [4.78, 5) is 11.6. The van der Waals surface area contributed by atoms with Gasteiger partial charge in [-0.15, -0.1) is 0 Å². The Morgan fingerprint density at radius 2 is 2.26 bits per heavy atom. The number of aromatic amines is 1. The topological polar surface area (TPSA) is 64.2 Å². The van der Waals surface area contributed by atoms with Gasteiger partial charge in [-0.05, 0) is 41.1 Å². The van der Waals surface area contributed by atoms with Gasteiger partial charge in [-0.1, -0.05) is 6.07 Å². The standard InChI is InChI=1S/C13H13BrN2O3/c1-3-19-13(17)11-7-10(15-16-11)8-5-4-6-9(14)12(8)18-2/h4-7H,3H2,1-2H3,(H,15,16). The van der Waals surface area contributed by atoms with Crippen molar-refractivity contribution in [3.05, 3.63) is 34.4 Å². The Labute approximate surface area is 119 Å². The Morgan fingerprint density at radius 1 is 1.47 bits per heavy atom. The maximum Gasteiger partial charge on any atom is 0.356 e. The van der Waals surface area contributed by atoms with E-state index in [1.807, 2.05) is 18.2 Å². The van der Waals surface area contributed by atoms with Crippen molar-refractivity contribution in [3.8, 4) is 17.0 Å². The Morgan fingerprint density at radius 3 is 2.95 bits per heavy atom. The number of esters is 1. The van der Waals surface area contributed by atoms with Crippen molar-refractivity contribution >= 4 is 21.9 Å². The number of nitrogens with one attached hydrogen (secondary N) is 1. The zero-order valence-electron chi connectivity index (χ0n) is 10.6. The lowest BCUT2D eigenvalue weighted by molar-refractivity contribution is 0.0519. The van der Waals surface area contributed by atoms with Crippen LogP contribution in [0, 0.1) is 0 Å². The molecule has 0 atom stereocenters. The van der Waals surface area contributed by atoms with E-state index in [9.17, 15) is 4.79 Å². The van der Waals surface area contributed by atoms with Gasteiger partial charge in [0.2, 0.25) is 0 Å². The van der Waals surface area contributed by atoms with Gasteiger partial charge >= 0.3 is 5.97 Å². The summed E-state index contributed by atoms with van der Waals surface area (Å²) in [7, 11) is 1.59. The van der Waals surface area contributed by atoms with E-state index in [1.54, 1.807) is 20.1 Å². The third kappa shape index (κ3) is 2.78. The molecule has 1 N–H and O–H groups in total. The molecule has 100 valence electrons. The van der Waals surface area contributed by atoms with E-state index in [-0.39, 0.29) is 0 Å². The van der Waals surface area contributed by atoms with Crippen molar-refractivity contribution in [2.75, 3.05) is 13.7 Å². The van der Waals surface area contributed by atoms with E-state index in [0.29, 0.717) is 23.7 Å². The summed E-state index contributed by atoms with van der Waals surface area (Å²) in [5, 5.41) is 6.78. The molecule has 0 unspecified atom stereocenters. The van der Waals surface area contributed by atoms with Crippen LogP contribution in [0.5, 0.6) is 5.75 Å². The number of rotatable bonds is 4. The zero-order valence-corrected chi connectivity index (χ0v) is 12.2. The van der Waals surface area contributed by atoms with E-state index >= 15 is 0 Å².